The van der Waals surface area contributed by atoms with Crippen LogP contribution in [0, 0.1) is 0 Å². The molecule has 2 saturated heterocycles. The van der Waals surface area contributed by atoms with Gasteiger partial charge < -0.3 is 9.47 Å². The molecule has 2 aliphatic rings. The van der Waals surface area contributed by atoms with Gasteiger partial charge in [-0.15, -0.1) is 0 Å². The first-order valence-corrected chi connectivity index (χ1v) is 11.9. The van der Waals surface area contributed by atoms with Gasteiger partial charge in [-0.05, 0) is 37.7 Å². The SMILES string of the molecule is CCCCC[C@H]1[C@@H](OCc2ccccc2)C(=O)N1N1CCC[C@H]1C(CC)(CC)OC. The van der Waals surface area contributed by atoms with Crippen LogP contribution in [0.3, 0.4) is 0 Å². The molecule has 2 heterocycles. The summed E-state index contributed by atoms with van der Waals surface area (Å²) in [5.41, 5.74) is 0.922. The van der Waals surface area contributed by atoms with Crippen LogP contribution in [0.5, 0.6) is 0 Å². The fourth-order valence-electron chi connectivity index (χ4n) is 5.33. The van der Waals surface area contributed by atoms with Crippen LogP contribution in [0.25, 0.3) is 0 Å². The standard InChI is InChI=1S/C25H40N2O3/c1-5-8-10-16-21-23(30-19-20-14-11-9-12-15-20)24(28)27(21)26-18-13-17-22(26)25(6-2,7-3)29-4/h9,11-12,14-15,21-23H,5-8,10,13,16-19H2,1-4H3/t21-,22-,23+/m0/s1. The van der Waals surface area contributed by atoms with Gasteiger partial charge in [-0.3, -0.25) is 9.80 Å². The Labute approximate surface area is 182 Å². The molecular formula is C25H40N2O3. The Balaban J connectivity index is 1.74. The molecule has 2 fully saturated rings. The lowest BCUT2D eigenvalue weighted by molar-refractivity contribution is -0.229. The van der Waals surface area contributed by atoms with Crippen LogP contribution in [0.2, 0.25) is 0 Å². The van der Waals surface area contributed by atoms with Crippen molar-refractivity contribution in [3.63, 3.8) is 0 Å². The highest BCUT2D eigenvalue weighted by Crippen LogP contribution is 2.40. The zero-order chi connectivity index (χ0) is 21.6. The number of hydrazine groups is 1. The third-order valence-electron chi connectivity index (χ3n) is 7.22. The van der Waals surface area contributed by atoms with Crippen LogP contribution in [0.1, 0.15) is 77.7 Å². The summed E-state index contributed by atoms with van der Waals surface area (Å²) in [7, 11) is 1.83. The highest BCUT2D eigenvalue weighted by molar-refractivity contribution is 5.88. The molecule has 3 atom stereocenters. The summed E-state index contributed by atoms with van der Waals surface area (Å²) in [6.45, 7) is 8.04. The number of carbonyl (C=O) groups excluding carboxylic acids is 1. The Morgan fingerprint density at radius 3 is 2.47 bits per heavy atom. The van der Waals surface area contributed by atoms with E-state index in [9.17, 15) is 4.79 Å². The molecule has 0 saturated carbocycles. The normalized spacial score (nSPS) is 25.0. The minimum absolute atomic E-state index is 0.122. The van der Waals surface area contributed by atoms with E-state index in [4.69, 9.17) is 9.47 Å². The van der Waals surface area contributed by atoms with E-state index in [-0.39, 0.29) is 29.7 Å². The number of amides is 1. The second-order valence-corrected chi connectivity index (χ2v) is 8.76. The van der Waals surface area contributed by atoms with Crippen LogP contribution in [0.15, 0.2) is 30.3 Å². The largest absolute Gasteiger partial charge is 0.377 e. The molecule has 0 bridgehead atoms. The lowest BCUT2D eigenvalue weighted by Crippen LogP contribution is -2.73. The quantitative estimate of drug-likeness (QED) is 0.357. The Bertz CT molecular complexity index is 653. The number of hydrogen-bond acceptors (Lipinski definition) is 4. The van der Waals surface area contributed by atoms with E-state index in [1.54, 1.807) is 0 Å². The first-order valence-electron chi connectivity index (χ1n) is 11.9. The van der Waals surface area contributed by atoms with Gasteiger partial charge in [0, 0.05) is 13.7 Å². The van der Waals surface area contributed by atoms with Crippen LogP contribution in [0.4, 0.5) is 0 Å². The highest BCUT2D eigenvalue weighted by Gasteiger charge is 2.55. The molecule has 30 heavy (non-hydrogen) atoms. The van der Waals surface area contributed by atoms with E-state index in [1.807, 2.05) is 30.3 Å². The molecule has 1 amide bonds. The molecule has 2 aliphatic heterocycles. The molecule has 168 valence electrons. The number of methoxy groups -OCH3 is 1. The monoisotopic (exact) mass is 416 g/mol. The second kappa shape index (κ2) is 10.7. The number of carbonyl (C=O) groups is 1. The van der Waals surface area contributed by atoms with E-state index in [0.717, 1.165) is 50.6 Å². The fraction of sp³-hybridized carbons (Fsp3) is 0.720. The molecule has 0 spiro atoms. The molecule has 1 aromatic rings. The van der Waals surface area contributed by atoms with E-state index in [0.29, 0.717) is 6.61 Å². The summed E-state index contributed by atoms with van der Waals surface area (Å²) in [5.74, 6) is 0.122. The first kappa shape index (κ1) is 23.2. The van der Waals surface area contributed by atoms with Gasteiger partial charge in [-0.25, -0.2) is 5.01 Å². The number of nitrogens with zero attached hydrogens (tertiary/aromatic N) is 2. The molecule has 5 heteroatoms. The van der Waals surface area contributed by atoms with Gasteiger partial charge in [-0.1, -0.05) is 70.4 Å². The summed E-state index contributed by atoms with van der Waals surface area (Å²) in [6.07, 6.45) is 8.28. The minimum Gasteiger partial charge on any atom is -0.377 e. The van der Waals surface area contributed by atoms with Crippen molar-refractivity contribution in [3.8, 4) is 0 Å². The maximum absolute atomic E-state index is 13.3. The van der Waals surface area contributed by atoms with E-state index in [2.05, 4.69) is 37.9 Å². The topological polar surface area (TPSA) is 42.0 Å². The number of ether oxygens (including phenoxy) is 2. The van der Waals surface area contributed by atoms with Gasteiger partial charge in [0.05, 0.1) is 24.3 Å². The Morgan fingerprint density at radius 2 is 1.83 bits per heavy atom. The van der Waals surface area contributed by atoms with Gasteiger partial charge >= 0.3 is 0 Å². The second-order valence-electron chi connectivity index (χ2n) is 8.76. The minimum atomic E-state index is -0.330. The third-order valence-corrected chi connectivity index (χ3v) is 7.22. The van der Waals surface area contributed by atoms with Gasteiger partial charge in [0.1, 0.15) is 0 Å². The van der Waals surface area contributed by atoms with E-state index >= 15 is 0 Å². The van der Waals surface area contributed by atoms with Crippen molar-refractivity contribution in [1.29, 1.82) is 0 Å². The smallest absolute Gasteiger partial charge is 0.268 e. The van der Waals surface area contributed by atoms with Gasteiger partial charge in [0.15, 0.2) is 6.10 Å². The highest BCUT2D eigenvalue weighted by atomic mass is 16.5. The predicted molar refractivity (Wildman–Crippen MR) is 120 cm³/mol. The Morgan fingerprint density at radius 1 is 1.10 bits per heavy atom. The summed E-state index contributed by atoms with van der Waals surface area (Å²) < 4.78 is 12.2. The van der Waals surface area contributed by atoms with Crippen molar-refractivity contribution >= 4 is 5.91 Å². The van der Waals surface area contributed by atoms with Gasteiger partial charge in [-0.2, -0.15) is 0 Å². The number of hydrogen-bond donors (Lipinski definition) is 0. The molecule has 0 unspecified atom stereocenters. The van der Waals surface area contributed by atoms with Crippen molar-refractivity contribution in [2.75, 3.05) is 13.7 Å². The molecule has 0 aromatic heterocycles. The summed E-state index contributed by atoms with van der Waals surface area (Å²) in [5, 5.41) is 4.37. The zero-order valence-electron chi connectivity index (χ0n) is 19.3. The lowest BCUT2D eigenvalue weighted by Gasteiger charge is -2.54. The molecule has 5 nitrogen and oxygen atoms in total. The first-order chi connectivity index (χ1) is 14.6. The molecular weight excluding hydrogens is 376 g/mol. The van der Waals surface area contributed by atoms with Crippen LogP contribution >= 0.6 is 0 Å². The van der Waals surface area contributed by atoms with Gasteiger partial charge in [0.25, 0.3) is 5.91 Å². The fourth-order valence-corrected chi connectivity index (χ4v) is 5.33. The predicted octanol–water partition coefficient (Wildman–Crippen LogP) is 4.95. The van der Waals surface area contributed by atoms with Crippen molar-refractivity contribution in [2.45, 2.75) is 103 Å². The molecule has 0 N–H and O–H groups in total. The summed E-state index contributed by atoms with van der Waals surface area (Å²) >= 11 is 0. The number of β-lactam (4-membered cyclic amide) rings is 1. The van der Waals surface area contributed by atoms with Crippen LogP contribution in [-0.4, -0.2) is 53.4 Å². The molecule has 1 aromatic carbocycles. The van der Waals surface area contributed by atoms with Gasteiger partial charge in [0.2, 0.25) is 0 Å². The van der Waals surface area contributed by atoms with Crippen molar-refractivity contribution in [3.05, 3.63) is 35.9 Å². The Kier molecular flexibility index (Phi) is 8.32. The van der Waals surface area contributed by atoms with Crippen molar-refractivity contribution in [2.24, 2.45) is 0 Å². The van der Waals surface area contributed by atoms with E-state index in [1.165, 1.54) is 12.8 Å². The number of benzene rings is 1. The number of unbranched alkanes of at least 4 members (excludes halogenated alkanes) is 2. The summed E-state index contributed by atoms with van der Waals surface area (Å²) in [4.78, 5) is 13.3. The van der Waals surface area contributed by atoms with Crippen molar-refractivity contribution in [1.82, 2.24) is 10.0 Å². The average Bonchev–Trinajstić information content (AvgIpc) is 3.25. The maximum Gasteiger partial charge on any atom is 0.268 e. The van der Waals surface area contributed by atoms with Crippen molar-refractivity contribution < 1.29 is 14.3 Å². The van der Waals surface area contributed by atoms with Crippen LogP contribution in [-0.2, 0) is 20.9 Å². The molecule has 0 aliphatic carbocycles. The van der Waals surface area contributed by atoms with E-state index < -0.39 is 0 Å². The third kappa shape index (κ3) is 4.58. The molecule has 0 radical (unpaired) electrons. The summed E-state index contributed by atoms with van der Waals surface area (Å²) in [6, 6.07) is 10.5. The Hall–Kier alpha value is -1.43. The zero-order valence-corrected chi connectivity index (χ0v) is 19.3. The number of rotatable bonds is 12. The lowest BCUT2D eigenvalue weighted by atomic mass is 9.86. The maximum atomic E-state index is 13.3. The average molecular weight is 417 g/mol. The molecule has 3 rings (SSSR count). The van der Waals surface area contributed by atoms with Crippen LogP contribution < -0.4 is 0 Å².